The van der Waals surface area contributed by atoms with Crippen molar-refractivity contribution >= 4 is 0 Å². The molecule has 0 saturated carbocycles. The Hall–Kier alpha value is -1.18. The van der Waals surface area contributed by atoms with Crippen molar-refractivity contribution in [1.82, 2.24) is 9.80 Å². The number of allylic oxidation sites excluding steroid dienone is 2. The molecule has 0 amide bonds. The van der Waals surface area contributed by atoms with Gasteiger partial charge in [0.15, 0.2) is 0 Å². The van der Waals surface area contributed by atoms with Gasteiger partial charge in [-0.1, -0.05) is 73.1 Å². The second kappa shape index (κ2) is 13.1. The lowest BCUT2D eigenvalue weighted by molar-refractivity contribution is 0.252. The van der Waals surface area contributed by atoms with E-state index in [2.05, 4.69) is 64.2 Å². The summed E-state index contributed by atoms with van der Waals surface area (Å²) in [5.74, 6) is 1.61. The fourth-order valence-electron chi connectivity index (χ4n) is 3.13. The fraction of sp³-hybridized carbons (Fsp3) is 0.727. The molecule has 0 N–H and O–H groups in total. The third-order valence-electron chi connectivity index (χ3n) is 4.73. The van der Waals surface area contributed by atoms with Crippen LogP contribution in [0.2, 0.25) is 0 Å². The second-order valence-corrected chi connectivity index (χ2v) is 6.90. The van der Waals surface area contributed by atoms with E-state index in [9.17, 15) is 0 Å². The Morgan fingerprint density at radius 2 is 1.42 bits per heavy atom. The van der Waals surface area contributed by atoms with Crippen LogP contribution in [0.5, 0.6) is 0 Å². The molecule has 0 aliphatic carbocycles. The molecule has 0 bridgehead atoms. The van der Waals surface area contributed by atoms with Gasteiger partial charge in [0.1, 0.15) is 5.82 Å². The molecule has 140 valence electrons. The Bertz CT molecular complexity index is 383. The summed E-state index contributed by atoms with van der Waals surface area (Å²) in [5, 5.41) is 0. The van der Waals surface area contributed by atoms with Crippen LogP contribution in [0.4, 0.5) is 0 Å². The molecule has 0 radical (unpaired) electrons. The maximum Gasteiger partial charge on any atom is 0.105 e. The maximum absolute atomic E-state index is 4.49. The third-order valence-corrected chi connectivity index (χ3v) is 4.73. The molecule has 0 heterocycles. The monoisotopic (exact) mass is 334 g/mol. The van der Waals surface area contributed by atoms with Gasteiger partial charge in [0, 0.05) is 24.5 Å². The predicted molar refractivity (Wildman–Crippen MR) is 110 cm³/mol. The number of hydrogen-bond acceptors (Lipinski definition) is 2. The lowest BCUT2D eigenvalue weighted by Gasteiger charge is -2.39. The standard InChI is InChI=1S/C22H42N2/c1-9-13-15-16-22(12-4)20(7)24(18-14-10-2)21(8)23(17-11-3)19(5)6/h22H,5,7-18H2,1-4,6H3/t22-/m0/s1. The normalized spacial score (nSPS) is 11.9. The molecule has 1 atom stereocenters. The van der Waals surface area contributed by atoms with Crippen molar-refractivity contribution in [3.63, 3.8) is 0 Å². The van der Waals surface area contributed by atoms with Crippen molar-refractivity contribution in [2.45, 2.75) is 86.0 Å². The minimum absolute atomic E-state index is 0.554. The van der Waals surface area contributed by atoms with Crippen molar-refractivity contribution in [2.24, 2.45) is 5.92 Å². The first-order valence-electron chi connectivity index (χ1n) is 10.0. The van der Waals surface area contributed by atoms with Crippen LogP contribution in [-0.2, 0) is 0 Å². The summed E-state index contributed by atoms with van der Waals surface area (Å²) in [6.07, 6.45) is 9.71. The van der Waals surface area contributed by atoms with Crippen molar-refractivity contribution < 1.29 is 0 Å². The van der Waals surface area contributed by atoms with Crippen molar-refractivity contribution in [1.29, 1.82) is 0 Å². The number of nitrogens with zero attached hydrogens (tertiary/aromatic N) is 2. The quantitative estimate of drug-likeness (QED) is 0.300. The van der Waals surface area contributed by atoms with E-state index in [0.717, 1.165) is 37.4 Å². The first kappa shape index (κ1) is 22.8. The summed E-state index contributed by atoms with van der Waals surface area (Å²) in [6, 6.07) is 0. The van der Waals surface area contributed by atoms with Crippen LogP contribution in [0.3, 0.4) is 0 Å². The Kier molecular flexibility index (Phi) is 12.5. The summed E-state index contributed by atoms with van der Waals surface area (Å²) in [7, 11) is 0. The topological polar surface area (TPSA) is 6.48 Å². The molecule has 0 aromatic heterocycles. The van der Waals surface area contributed by atoms with Gasteiger partial charge < -0.3 is 9.80 Å². The van der Waals surface area contributed by atoms with Crippen molar-refractivity contribution in [3.8, 4) is 0 Å². The highest BCUT2D eigenvalue weighted by molar-refractivity contribution is 5.14. The molecule has 2 nitrogen and oxygen atoms in total. The summed E-state index contributed by atoms with van der Waals surface area (Å²) in [4.78, 5) is 4.62. The van der Waals surface area contributed by atoms with Gasteiger partial charge in [0.2, 0.25) is 0 Å². The van der Waals surface area contributed by atoms with Crippen LogP contribution in [-0.4, -0.2) is 22.9 Å². The Balaban J connectivity index is 5.21. The molecule has 0 aliphatic heterocycles. The van der Waals surface area contributed by atoms with Crippen molar-refractivity contribution in [2.75, 3.05) is 13.1 Å². The number of unbranched alkanes of at least 4 members (excludes halogenated alkanes) is 3. The molecule has 24 heavy (non-hydrogen) atoms. The summed E-state index contributed by atoms with van der Waals surface area (Å²) in [5.41, 5.74) is 2.31. The highest BCUT2D eigenvalue weighted by Crippen LogP contribution is 2.29. The van der Waals surface area contributed by atoms with Crippen molar-refractivity contribution in [3.05, 3.63) is 37.0 Å². The summed E-state index contributed by atoms with van der Waals surface area (Å²) < 4.78 is 0. The summed E-state index contributed by atoms with van der Waals surface area (Å²) in [6.45, 7) is 26.1. The predicted octanol–water partition coefficient (Wildman–Crippen LogP) is 6.93. The molecule has 0 saturated heterocycles. The Morgan fingerprint density at radius 3 is 1.88 bits per heavy atom. The van der Waals surface area contributed by atoms with E-state index in [0.29, 0.717) is 5.92 Å². The molecule has 0 aromatic rings. The van der Waals surface area contributed by atoms with Gasteiger partial charge in [-0.15, -0.1) is 0 Å². The largest absolute Gasteiger partial charge is 0.333 e. The average molecular weight is 335 g/mol. The lowest BCUT2D eigenvalue weighted by Crippen LogP contribution is -2.36. The zero-order valence-electron chi connectivity index (χ0n) is 17.2. The first-order chi connectivity index (χ1) is 11.4. The van der Waals surface area contributed by atoms with E-state index in [4.69, 9.17) is 0 Å². The van der Waals surface area contributed by atoms with E-state index >= 15 is 0 Å². The third kappa shape index (κ3) is 7.59. The minimum Gasteiger partial charge on any atom is -0.333 e. The average Bonchev–Trinajstić information content (AvgIpc) is 2.56. The highest BCUT2D eigenvalue weighted by atomic mass is 15.3. The van der Waals surface area contributed by atoms with Gasteiger partial charge in [-0.2, -0.15) is 0 Å². The van der Waals surface area contributed by atoms with Gasteiger partial charge >= 0.3 is 0 Å². The van der Waals surface area contributed by atoms with Gasteiger partial charge in [-0.3, -0.25) is 0 Å². The molecule has 0 rings (SSSR count). The van der Waals surface area contributed by atoms with E-state index in [1.165, 1.54) is 44.2 Å². The van der Waals surface area contributed by atoms with E-state index in [1.54, 1.807) is 0 Å². The van der Waals surface area contributed by atoms with Crippen LogP contribution in [0.1, 0.15) is 86.0 Å². The smallest absolute Gasteiger partial charge is 0.105 e. The molecular formula is C22H42N2. The van der Waals surface area contributed by atoms with Crippen LogP contribution < -0.4 is 0 Å². The molecule has 0 fully saturated rings. The maximum atomic E-state index is 4.49. The Morgan fingerprint density at radius 1 is 0.792 bits per heavy atom. The molecule has 0 aromatic carbocycles. The molecule has 0 spiro atoms. The lowest BCUT2D eigenvalue weighted by atomic mass is 9.94. The zero-order chi connectivity index (χ0) is 18.5. The summed E-state index contributed by atoms with van der Waals surface area (Å²) >= 11 is 0. The minimum atomic E-state index is 0.554. The zero-order valence-corrected chi connectivity index (χ0v) is 17.2. The van der Waals surface area contributed by atoms with Crippen LogP contribution >= 0.6 is 0 Å². The van der Waals surface area contributed by atoms with E-state index in [-0.39, 0.29) is 0 Å². The second-order valence-electron chi connectivity index (χ2n) is 6.90. The van der Waals surface area contributed by atoms with E-state index in [1.807, 2.05) is 0 Å². The van der Waals surface area contributed by atoms with Crippen LogP contribution in [0, 0.1) is 5.92 Å². The van der Waals surface area contributed by atoms with E-state index < -0.39 is 0 Å². The highest BCUT2D eigenvalue weighted by Gasteiger charge is 2.22. The van der Waals surface area contributed by atoms with Gasteiger partial charge in [0.05, 0.1) is 0 Å². The molecule has 0 unspecified atom stereocenters. The first-order valence-corrected chi connectivity index (χ1v) is 10.0. The van der Waals surface area contributed by atoms with Gasteiger partial charge in [-0.05, 0) is 38.5 Å². The van der Waals surface area contributed by atoms with Gasteiger partial charge in [-0.25, -0.2) is 0 Å². The van der Waals surface area contributed by atoms with Crippen LogP contribution in [0.15, 0.2) is 37.0 Å². The molecule has 2 heteroatoms. The molecule has 0 aliphatic rings. The molecular weight excluding hydrogens is 292 g/mol. The van der Waals surface area contributed by atoms with Crippen LogP contribution in [0.25, 0.3) is 0 Å². The Labute approximate surface area is 152 Å². The number of hydrogen-bond donors (Lipinski definition) is 0. The fourth-order valence-corrected chi connectivity index (χ4v) is 3.13. The SMILES string of the molecule is C=C(C)N(CCC)C(=C)N(CCCC)C(=C)[C@@H](CC)CCCCC. The van der Waals surface area contributed by atoms with Gasteiger partial charge in [0.25, 0.3) is 0 Å². The number of rotatable bonds is 15.